The van der Waals surface area contributed by atoms with Gasteiger partial charge >= 0.3 is 0 Å². The molecule has 0 atom stereocenters. The molecule has 1 aromatic carbocycles. The Bertz CT molecular complexity index is 563. The highest BCUT2D eigenvalue weighted by Crippen LogP contribution is 2.26. The van der Waals surface area contributed by atoms with E-state index < -0.39 is 5.82 Å². The minimum atomic E-state index is -0.473. The third-order valence-corrected chi connectivity index (χ3v) is 2.48. The number of rotatable bonds is 2. The van der Waals surface area contributed by atoms with Crippen LogP contribution >= 0.6 is 23.2 Å². The fraction of sp³-hybridized carbons (Fsp3) is 0.0909. The Morgan fingerprint density at radius 2 is 1.94 bits per heavy atom. The van der Waals surface area contributed by atoms with Crippen LogP contribution in [-0.4, -0.2) is 17.1 Å². The highest BCUT2D eigenvalue weighted by atomic mass is 35.5. The molecule has 1 aromatic heterocycles. The van der Waals surface area contributed by atoms with Crippen molar-refractivity contribution in [3.05, 3.63) is 40.3 Å². The molecule has 0 bridgehead atoms. The van der Waals surface area contributed by atoms with Crippen molar-refractivity contribution in [2.24, 2.45) is 0 Å². The first-order valence-corrected chi connectivity index (χ1v) is 5.40. The molecule has 1 heterocycles. The Balaban J connectivity index is 2.59. The third-order valence-electron chi connectivity index (χ3n) is 2.05. The molecule has 0 amide bonds. The highest BCUT2D eigenvalue weighted by molar-refractivity contribution is 6.31. The fourth-order valence-corrected chi connectivity index (χ4v) is 1.64. The smallest absolute Gasteiger partial charge is 0.218 e. The van der Waals surface area contributed by atoms with Crippen LogP contribution in [0, 0.1) is 5.82 Å². The third kappa shape index (κ3) is 2.65. The number of nitrogens with zero attached hydrogens (tertiary/aromatic N) is 2. The molecule has 88 valence electrons. The molecule has 0 aliphatic heterocycles. The van der Waals surface area contributed by atoms with Gasteiger partial charge < -0.3 is 4.74 Å². The predicted octanol–water partition coefficient (Wildman–Crippen LogP) is 3.60. The van der Waals surface area contributed by atoms with Gasteiger partial charge in [0.2, 0.25) is 5.88 Å². The number of methoxy groups -OCH3 is 1. The average molecular weight is 273 g/mol. The minimum Gasteiger partial charge on any atom is -0.481 e. The summed E-state index contributed by atoms with van der Waals surface area (Å²) in [5.74, 6) is -0.0764. The van der Waals surface area contributed by atoms with E-state index in [1.807, 2.05) is 0 Å². The van der Waals surface area contributed by atoms with E-state index in [4.69, 9.17) is 27.9 Å². The van der Waals surface area contributed by atoms with Crippen molar-refractivity contribution in [2.45, 2.75) is 0 Å². The second-order valence-corrected chi connectivity index (χ2v) is 4.00. The lowest BCUT2D eigenvalue weighted by atomic mass is 10.2. The molecule has 2 rings (SSSR count). The van der Waals surface area contributed by atoms with Gasteiger partial charge in [0.15, 0.2) is 5.82 Å². The van der Waals surface area contributed by atoms with Crippen molar-refractivity contribution >= 4 is 23.2 Å². The number of aromatic nitrogens is 2. The van der Waals surface area contributed by atoms with Crippen molar-refractivity contribution < 1.29 is 9.13 Å². The Kier molecular flexibility index (Phi) is 3.45. The van der Waals surface area contributed by atoms with Crippen LogP contribution in [0.15, 0.2) is 24.3 Å². The van der Waals surface area contributed by atoms with Crippen LogP contribution in [0.4, 0.5) is 4.39 Å². The molecular formula is C11H7Cl2FN2O. The van der Waals surface area contributed by atoms with Crippen LogP contribution in [-0.2, 0) is 0 Å². The number of benzene rings is 1. The molecule has 3 nitrogen and oxygen atoms in total. The topological polar surface area (TPSA) is 35.0 Å². The molecular weight excluding hydrogens is 266 g/mol. The lowest BCUT2D eigenvalue weighted by Gasteiger charge is -2.05. The van der Waals surface area contributed by atoms with Crippen molar-refractivity contribution in [1.82, 2.24) is 9.97 Å². The Morgan fingerprint density at radius 3 is 2.65 bits per heavy atom. The Hall–Kier alpha value is -1.39. The number of ether oxygens (including phenoxy) is 1. The summed E-state index contributed by atoms with van der Waals surface area (Å²) >= 11 is 11.6. The largest absolute Gasteiger partial charge is 0.481 e. The van der Waals surface area contributed by atoms with Crippen LogP contribution in [0.3, 0.4) is 0 Å². The summed E-state index contributed by atoms with van der Waals surface area (Å²) in [6.07, 6.45) is 0. The van der Waals surface area contributed by atoms with E-state index in [2.05, 4.69) is 9.97 Å². The summed E-state index contributed by atoms with van der Waals surface area (Å²) in [4.78, 5) is 7.94. The molecule has 0 saturated carbocycles. The molecule has 0 aliphatic rings. The molecule has 0 aliphatic carbocycles. The predicted molar refractivity (Wildman–Crippen MR) is 64.0 cm³/mol. The summed E-state index contributed by atoms with van der Waals surface area (Å²) in [5.41, 5.74) is 0.179. The summed E-state index contributed by atoms with van der Waals surface area (Å²) in [6.45, 7) is 0. The van der Waals surface area contributed by atoms with Gasteiger partial charge in [-0.15, -0.1) is 0 Å². The monoisotopic (exact) mass is 272 g/mol. The van der Waals surface area contributed by atoms with Crippen LogP contribution in [0.25, 0.3) is 11.4 Å². The van der Waals surface area contributed by atoms with Crippen molar-refractivity contribution in [2.75, 3.05) is 7.11 Å². The maximum atomic E-state index is 13.6. The van der Waals surface area contributed by atoms with E-state index in [1.54, 1.807) is 0 Å². The number of hydrogen-bond acceptors (Lipinski definition) is 3. The second-order valence-electron chi connectivity index (χ2n) is 3.18. The summed E-state index contributed by atoms with van der Waals surface area (Å²) in [6, 6.07) is 5.56. The summed E-state index contributed by atoms with van der Waals surface area (Å²) in [5, 5.41) is 0.565. The van der Waals surface area contributed by atoms with Gasteiger partial charge in [0.1, 0.15) is 11.0 Å². The van der Waals surface area contributed by atoms with E-state index in [9.17, 15) is 4.39 Å². The van der Waals surface area contributed by atoms with Crippen molar-refractivity contribution in [3.8, 4) is 17.3 Å². The van der Waals surface area contributed by atoms with Gasteiger partial charge in [-0.2, -0.15) is 4.98 Å². The van der Waals surface area contributed by atoms with E-state index in [1.165, 1.54) is 31.4 Å². The van der Waals surface area contributed by atoms with Crippen molar-refractivity contribution in [1.29, 1.82) is 0 Å². The molecule has 0 unspecified atom stereocenters. The van der Waals surface area contributed by atoms with Gasteiger partial charge in [-0.25, -0.2) is 9.37 Å². The van der Waals surface area contributed by atoms with E-state index in [0.717, 1.165) is 0 Å². The van der Waals surface area contributed by atoms with E-state index in [0.29, 0.717) is 5.02 Å². The fourth-order valence-electron chi connectivity index (χ4n) is 1.29. The zero-order valence-electron chi connectivity index (χ0n) is 8.75. The quantitative estimate of drug-likeness (QED) is 0.784. The first-order chi connectivity index (χ1) is 8.10. The summed E-state index contributed by atoms with van der Waals surface area (Å²) < 4.78 is 18.5. The summed E-state index contributed by atoms with van der Waals surface area (Å²) in [7, 11) is 1.44. The number of hydrogen-bond donors (Lipinski definition) is 0. The lowest BCUT2D eigenvalue weighted by Crippen LogP contribution is -1.96. The van der Waals surface area contributed by atoms with E-state index >= 15 is 0 Å². The van der Waals surface area contributed by atoms with Crippen molar-refractivity contribution in [3.63, 3.8) is 0 Å². The average Bonchev–Trinajstić information content (AvgIpc) is 2.31. The van der Waals surface area contributed by atoms with Gasteiger partial charge in [0.05, 0.1) is 12.7 Å². The lowest BCUT2D eigenvalue weighted by molar-refractivity contribution is 0.397. The zero-order chi connectivity index (χ0) is 12.4. The SMILES string of the molecule is COc1cc(Cl)nc(-c2cc(Cl)ccc2F)n1. The van der Waals surface area contributed by atoms with Gasteiger partial charge in [-0.05, 0) is 18.2 Å². The number of halogens is 3. The maximum Gasteiger partial charge on any atom is 0.218 e. The molecule has 0 saturated heterocycles. The molecule has 0 fully saturated rings. The molecule has 17 heavy (non-hydrogen) atoms. The second kappa shape index (κ2) is 4.85. The molecule has 2 aromatic rings. The standard InChI is InChI=1S/C11H7Cl2FN2O/c1-17-10-5-9(13)15-11(16-10)7-4-6(12)2-3-8(7)14/h2-5H,1H3. The Labute approximate surface area is 107 Å². The zero-order valence-corrected chi connectivity index (χ0v) is 10.3. The van der Waals surface area contributed by atoms with Gasteiger partial charge in [0, 0.05) is 11.1 Å². The molecule has 0 N–H and O–H groups in total. The molecule has 6 heteroatoms. The van der Waals surface area contributed by atoms with Crippen LogP contribution < -0.4 is 4.74 Å². The maximum absolute atomic E-state index is 13.6. The van der Waals surface area contributed by atoms with Gasteiger partial charge in [-0.1, -0.05) is 23.2 Å². The van der Waals surface area contributed by atoms with Crippen LogP contribution in [0.1, 0.15) is 0 Å². The molecule has 0 spiro atoms. The van der Waals surface area contributed by atoms with E-state index in [-0.39, 0.29) is 22.4 Å². The highest BCUT2D eigenvalue weighted by Gasteiger charge is 2.11. The van der Waals surface area contributed by atoms with Gasteiger partial charge in [-0.3, -0.25) is 0 Å². The van der Waals surface area contributed by atoms with Crippen LogP contribution in [0.5, 0.6) is 5.88 Å². The Morgan fingerprint density at radius 1 is 1.18 bits per heavy atom. The first kappa shape index (κ1) is 12.1. The van der Waals surface area contributed by atoms with Gasteiger partial charge in [0.25, 0.3) is 0 Å². The molecule has 0 radical (unpaired) electrons. The first-order valence-electron chi connectivity index (χ1n) is 4.64. The minimum absolute atomic E-state index is 0.134. The normalized spacial score (nSPS) is 10.4. The van der Waals surface area contributed by atoms with Crippen LogP contribution in [0.2, 0.25) is 10.2 Å².